The lowest BCUT2D eigenvalue weighted by Gasteiger charge is -2.23. The zero-order chi connectivity index (χ0) is 14.0. The van der Waals surface area contributed by atoms with Crippen LogP contribution in [0.5, 0.6) is 0 Å². The third kappa shape index (κ3) is 2.89. The highest BCUT2D eigenvalue weighted by atomic mass is 19.2. The maximum atomic E-state index is 13.6. The van der Waals surface area contributed by atoms with E-state index >= 15 is 0 Å². The minimum absolute atomic E-state index is 0.0832. The summed E-state index contributed by atoms with van der Waals surface area (Å²) in [5.74, 6) is -4.92. The minimum atomic E-state index is -1.60. The molecule has 0 spiro atoms. The zero-order valence-electron chi connectivity index (χ0n) is 10.5. The fourth-order valence-corrected chi connectivity index (χ4v) is 2.15. The van der Waals surface area contributed by atoms with Crippen molar-refractivity contribution < 1.29 is 18.0 Å². The molecule has 0 aromatic heterocycles. The van der Waals surface area contributed by atoms with Crippen molar-refractivity contribution in [2.45, 2.75) is 19.4 Å². The van der Waals surface area contributed by atoms with Crippen LogP contribution >= 0.6 is 0 Å². The van der Waals surface area contributed by atoms with Gasteiger partial charge in [0.05, 0.1) is 5.56 Å². The quantitative estimate of drug-likeness (QED) is 0.792. The summed E-state index contributed by atoms with van der Waals surface area (Å²) in [4.78, 5) is 13.6. The van der Waals surface area contributed by atoms with E-state index < -0.39 is 28.9 Å². The van der Waals surface area contributed by atoms with Gasteiger partial charge in [-0.25, -0.2) is 13.2 Å². The molecule has 3 nitrogen and oxygen atoms in total. The highest BCUT2D eigenvalue weighted by Gasteiger charge is 2.25. The molecule has 6 heteroatoms. The number of nitrogens with zero attached hydrogens (tertiary/aromatic N) is 1. The molecule has 1 atom stereocenters. The first kappa shape index (κ1) is 13.9. The maximum Gasteiger partial charge on any atom is 0.256 e. The van der Waals surface area contributed by atoms with E-state index in [-0.39, 0.29) is 6.04 Å². The molecule has 0 bridgehead atoms. The van der Waals surface area contributed by atoms with Gasteiger partial charge in [-0.15, -0.1) is 0 Å². The number of rotatable bonds is 1. The summed E-state index contributed by atoms with van der Waals surface area (Å²) in [5.41, 5.74) is -0.423. The maximum absolute atomic E-state index is 13.6. The summed E-state index contributed by atoms with van der Waals surface area (Å²) >= 11 is 0. The van der Waals surface area contributed by atoms with Crippen molar-refractivity contribution in [3.63, 3.8) is 0 Å². The molecule has 1 aromatic carbocycles. The zero-order valence-corrected chi connectivity index (χ0v) is 10.5. The number of amides is 1. The Hall–Kier alpha value is -1.56. The monoisotopic (exact) mass is 272 g/mol. The van der Waals surface area contributed by atoms with Crippen LogP contribution in [0.2, 0.25) is 0 Å². The summed E-state index contributed by atoms with van der Waals surface area (Å²) < 4.78 is 39.6. The second-order valence-electron chi connectivity index (χ2n) is 4.68. The van der Waals surface area contributed by atoms with Gasteiger partial charge in [0.2, 0.25) is 0 Å². The predicted molar refractivity (Wildman–Crippen MR) is 64.3 cm³/mol. The number of halogens is 3. The second-order valence-corrected chi connectivity index (χ2v) is 4.68. The molecule has 1 fully saturated rings. The molecule has 1 aliphatic rings. The fraction of sp³-hybridized carbons (Fsp3) is 0.462. The lowest BCUT2D eigenvalue weighted by atomic mass is 10.1. The molecule has 0 aliphatic carbocycles. The van der Waals surface area contributed by atoms with Gasteiger partial charge in [0.1, 0.15) is 0 Å². The molecule has 0 saturated carbocycles. The first-order valence-corrected chi connectivity index (χ1v) is 6.17. The topological polar surface area (TPSA) is 32.3 Å². The molecule has 1 aromatic rings. The number of carbonyl (C=O) groups excluding carboxylic acids is 1. The molecule has 1 aliphatic heterocycles. The van der Waals surface area contributed by atoms with E-state index in [1.807, 2.05) is 6.92 Å². The second kappa shape index (κ2) is 5.61. The number of benzene rings is 1. The van der Waals surface area contributed by atoms with Crippen LogP contribution in [-0.2, 0) is 0 Å². The molecule has 1 N–H and O–H groups in total. The molecular formula is C13H15F3N2O. The average Bonchev–Trinajstić information content (AvgIpc) is 2.60. The molecule has 19 heavy (non-hydrogen) atoms. The van der Waals surface area contributed by atoms with Crippen LogP contribution in [0.15, 0.2) is 12.1 Å². The number of hydrogen-bond donors (Lipinski definition) is 1. The van der Waals surface area contributed by atoms with E-state index in [1.165, 1.54) is 4.90 Å². The van der Waals surface area contributed by atoms with Gasteiger partial charge in [-0.05, 0) is 32.0 Å². The smallest absolute Gasteiger partial charge is 0.256 e. The summed E-state index contributed by atoms with van der Waals surface area (Å²) in [6.45, 7) is 3.56. The van der Waals surface area contributed by atoms with Gasteiger partial charge in [0.15, 0.2) is 17.5 Å². The van der Waals surface area contributed by atoms with Gasteiger partial charge in [-0.1, -0.05) is 0 Å². The molecular weight excluding hydrogens is 257 g/mol. The van der Waals surface area contributed by atoms with Crippen LogP contribution in [0, 0.1) is 17.5 Å². The van der Waals surface area contributed by atoms with Gasteiger partial charge in [-0.2, -0.15) is 0 Å². The van der Waals surface area contributed by atoms with Crippen molar-refractivity contribution in [3.8, 4) is 0 Å². The Kier molecular flexibility index (Phi) is 4.09. The van der Waals surface area contributed by atoms with Crippen molar-refractivity contribution in [2.75, 3.05) is 19.6 Å². The Morgan fingerprint density at radius 2 is 2.05 bits per heavy atom. The van der Waals surface area contributed by atoms with Crippen molar-refractivity contribution in [2.24, 2.45) is 0 Å². The Balaban J connectivity index is 2.26. The van der Waals surface area contributed by atoms with Gasteiger partial charge < -0.3 is 10.2 Å². The highest BCUT2D eigenvalue weighted by Crippen LogP contribution is 2.17. The van der Waals surface area contributed by atoms with Crippen LogP contribution in [0.25, 0.3) is 0 Å². The molecule has 104 valence electrons. The lowest BCUT2D eigenvalue weighted by Crippen LogP contribution is -2.39. The van der Waals surface area contributed by atoms with E-state index in [0.717, 1.165) is 25.1 Å². The number of hydrogen-bond acceptors (Lipinski definition) is 2. The van der Waals surface area contributed by atoms with E-state index in [4.69, 9.17) is 0 Å². The molecule has 0 radical (unpaired) electrons. The third-order valence-corrected chi connectivity index (χ3v) is 3.14. The average molecular weight is 272 g/mol. The van der Waals surface area contributed by atoms with Crippen LogP contribution < -0.4 is 5.32 Å². The highest BCUT2D eigenvalue weighted by molar-refractivity contribution is 5.94. The van der Waals surface area contributed by atoms with Gasteiger partial charge >= 0.3 is 0 Å². The Morgan fingerprint density at radius 1 is 1.32 bits per heavy atom. The standard InChI is InChI=1S/C13H15F3N2O/c1-8-7-18(6-2-5-17-8)13(19)9-3-4-10(14)12(16)11(9)15/h3-4,8,17H,2,5-7H2,1H3. The molecule has 2 rings (SSSR count). The van der Waals surface area contributed by atoms with Gasteiger partial charge in [-0.3, -0.25) is 4.79 Å². The normalized spacial score (nSPS) is 20.2. The lowest BCUT2D eigenvalue weighted by molar-refractivity contribution is 0.0749. The van der Waals surface area contributed by atoms with E-state index in [0.29, 0.717) is 13.1 Å². The Labute approximate surface area is 109 Å². The van der Waals surface area contributed by atoms with E-state index in [9.17, 15) is 18.0 Å². The Bertz CT molecular complexity index is 493. The van der Waals surface area contributed by atoms with Crippen LogP contribution in [0.4, 0.5) is 13.2 Å². The molecule has 1 heterocycles. The largest absolute Gasteiger partial charge is 0.337 e. The van der Waals surface area contributed by atoms with Crippen molar-refractivity contribution >= 4 is 5.91 Å². The summed E-state index contributed by atoms with van der Waals surface area (Å²) in [6.07, 6.45) is 0.737. The van der Waals surface area contributed by atoms with Gasteiger partial charge in [0.25, 0.3) is 5.91 Å². The van der Waals surface area contributed by atoms with Crippen molar-refractivity contribution in [1.29, 1.82) is 0 Å². The SMILES string of the molecule is CC1CN(C(=O)c2ccc(F)c(F)c2F)CCCN1. The third-order valence-electron chi connectivity index (χ3n) is 3.14. The molecule has 1 amide bonds. The molecule has 1 unspecified atom stereocenters. The summed E-state index contributed by atoms with van der Waals surface area (Å²) in [6, 6.07) is 1.84. The fourth-order valence-electron chi connectivity index (χ4n) is 2.15. The minimum Gasteiger partial charge on any atom is -0.337 e. The first-order valence-electron chi connectivity index (χ1n) is 6.17. The first-order chi connectivity index (χ1) is 9.00. The Morgan fingerprint density at radius 3 is 2.79 bits per heavy atom. The van der Waals surface area contributed by atoms with Crippen molar-refractivity contribution in [3.05, 3.63) is 35.1 Å². The van der Waals surface area contributed by atoms with Crippen LogP contribution in [0.3, 0.4) is 0 Å². The summed E-state index contributed by atoms with van der Waals surface area (Å²) in [5, 5.41) is 3.19. The molecule has 1 saturated heterocycles. The van der Waals surface area contributed by atoms with Gasteiger partial charge in [0, 0.05) is 19.1 Å². The predicted octanol–water partition coefficient (Wildman–Crippen LogP) is 1.93. The van der Waals surface area contributed by atoms with E-state index in [1.54, 1.807) is 0 Å². The van der Waals surface area contributed by atoms with Crippen LogP contribution in [-0.4, -0.2) is 36.5 Å². The number of nitrogens with one attached hydrogen (secondary N) is 1. The number of carbonyl (C=O) groups is 1. The summed E-state index contributed by atoms with van der Waals surface area (Å²) in [7, 11) is 0. The van der Waals surface area contributed by atoms with Crippen molar-refractivity contribution in [1.82, 2.24) is 10.2 Å². The van der Waals surface area contributed by atoms with Crippen LogP contribution in [0.1, 0.15) is 23.7 Å². The van der Waals surface area contributed by atoms with E-state index in [2.05, 4.69) is 5.32 Å².